The SMILES string of the molecule is N#Cc1cccc([C@@H]2Cc3ccc(-c4ccc5c(c4)c4ccccc4n5-c4cccc(C#N)c4)cc3-c3ccccc32)c1. The van der Waals surface area contributed by atoms with E-state index >= 15 is 0 Å². The first-order valence-corrected chi connectivity index (χ1v) is 14.5. The van der Waals surface area contributed by atoms with Crippen molar-refractivity contribution in [1.29, 1.82) is 10.5 Å². The van der Waals surface area contributed by atoms with Crippen LogP contribution in [0.1, 0.15) is 33.7 Å². The van der Waals surface area contributed by atoms with Crippen molar-refractivity contribution >= 4 is 21.8 Å². The molecule has 0 N–H and O–H groups in total. The monoisotopic (exact) mass is 547 g/mol. The smallest absolute Gasteiger partial charge is 0.0992 e. The molecule has 7 aromatic rings. The molecule has 1 aliphatic rings. The molecule has 200 valence electrons. The lowest BCUT2D eigenvalue weighted by molar-refractivity contribution is 0.793. The quantitative estimate of drug-likeness (QED) is 0.221. The highest BCUT2D eigenvalue weighted by Gasteiger charge is 2.26. The Morgan fingerprint density at radius 2 is 1.28 bits per heavy atom. The summed E-state index contributed by atoms with van der Waals surface area (Å²) in [6.45, 7) is 0. The second-order valence-corrected chi connectivity index (χ2v) is 11.2. The summed E-state index contributed by atoms with van der Waals surface area (Å²) in [5.74, 6) is 0.213. The van der Waals surface area contributed by atoms with Crippen molar-refractivity contribution in [2.45, 2.75) is 12.3 Å². The van der Waals surface area contributed by atoms with E-state index in [9.17, 15) is 10.5 Å². The minimum atomic E-state index is 0.213. The molecule has 8 rings (SSSR count). The van der Waals surface area contributed by atoms with Gasteiger partial charge >= 0.3 is 0 Å². The average Bonchev–Trinajstić information content (AvgIpc) is 3.41. The molecule has 43 heavy (non-hydrogen) atoms. The van der Waals surface area contributed by atoms with Gasteiger partial charge in [0.15, 0.2) is 0 Å². The molecule has 3 heteroatoms. The summed E-state index contributed by atoms with van der Waals surface area (Å²) >= 11 is 0. The Morgan fingerprint density at radius 3 is 2.16 bits per heavy atom. The number of benzene rings is 6. The lowest BCUT2D eigenvalue weighted by Crippen LogP contribution is -2.13. The van der Waals surface area contributed by atoms with E-state index in [0.29, 0.717) is 11.1 Å². The first-order chi connectivity index (χ1) is 21.2. The van der Waals surface area contributed by atoms with Crippen molar-refractivity contribution < 1.29 is 0 Å². The molecule has 0 saturated carbocycles. The largest absolute Gasteiger partial charge is 0.309 e. The number of hydrogen-bond donors (Lipinski definition) is 0. The number of hydrogen-bond acceptors (Lipinski definition) is 2. The van der Waals surface area contributed by atoms with Gasteiger partial charge in [-0.15, -0.1) is 0 Å². The Kier molecular flexibility index (Phi) is 5.71. The van der Waals surface area contributed by atoms with Crippen molar-refractivity contribution in [3.8, 4) is 40.1 Å². The number of nitriles is 2. The fourth-order valence-electron chi connectivity index (χ4n) is 6.83. The Hall–Kier alpha value is -5.90. The van der Waals surface area contributed by atoms with Crippen LogP contribution in [0.25, 0.3) is 49.7 Å². The average molecular weight is 548 g/mol. The zero-order chi connectivity index (χ0) is 28.9. The molecule has 0 unspecified atom stereocenters. The van der Waals surface area contributed by atoms with Gasteiger partial charge in [-0.05, 0) is 100.0 Å². The maximum Gasteiger partial charge on any atom is 0.0992 e. The normalized spacial score (nSPS) is 13.7. The number of rotatable bonds is 3. The Balaban J connectivity index is 1.26. The van der Waals surface area contributed by atoms with Gasteiger partial charge in [0.1, 0.15) is 0 Å². The van der Waals surface area contributed by atoms with Crippen LogP contribution >= 0.6 is 0 Å². The van der Waals surface area contributed by atoms with Gasteiger partial charge in [0.25, 0.3) is 0 Å². The molecule has 0 fully saturated rings. The standard InChI is InChI=1S/C40H25N3/c41-24-26-7-5-9-30(19-26)37-23-31-16-15-28(21-36(31)33-11-1-2-12-34(33)37)29-17-18-40-38(22-29)35-13-3-4-14-39(35)43(40)32-10-6-8-27(20-32)25-42/h1-22,37H,23H2/t37-/m0/s1. The topological polar surface area (TPSA) is 52.5 Å². The summed E-state index contributed by atoms with van der Waals surface area (Å²) in [6.07, 6.45) is 0.899. The third-order valence-electron chi connectivity index (χ3n) is 8.82. The van der Waals surface area contributed by atoms with Crippen LogP contribution in [0.15, 0.2) is 133 Å². The molecule has 0 amide bonds. The molecule has 3 nitrogen and oxygen atoms in total. The Labute approximate surface area is 250 Å². The van der Waals surface area contributed by atoms with E-state index in [4.69, 9.17) is 0 Å². The molecule has 0 bridgehead atoms. The van der Waals surface area contributed by atoms with Gasteiger partial charge in [0.05, 0.1) is 34.3 Å². The highest BCUT2D eigenvalue weighted by molar-refractivity contribution is 6.10. The lowest BCUT2D eigenvalue weighted by Gasteiger charge is -2.29. The van der Waals surface area contributed by atoms with Crippen LogP contribution in [-0.2, 0) is 6.42 Å². The van der Waals surface area contributed by atoms with Crippen LogP contribution in [0.5, 0.6) is 0 Å². The molecule has 1 atom stereocenters. The first kappa shape index (κ1) is 24.9. The number of nitrogens with zero attached hydrogens (tertiary/aromatic N) is 3. The predicted octanol–water partition coefficient (Wildman–Crippen LogP) is 9.55. The summed E-state index contributed by atoms with van der Waals surface area (Å²) in [6, 6.07) is 51.2. The number of para-hydroxylation sites is 1. The highest BCUT2D eigenvalue weighted by atomic mass is 15.0. The molecular weight excluding hydrogens is 522 g/mol. The molecule has 0 radical (unpaired) electrons. The zero-order valence-corrected chi connectivity index (χ0v) is 23.3. The summed E-state index contributed by atoms with van der Waals surface area (Å²) in [4.78, 5) is 0. The summed E-state index contributed by atoms with van der Waals surface area (Å²) < 4.78 is 2.25. The summed E-state index contributed by atoms with van der Waals surface area (Å²) in [7, 11) is 0. The summed E-state index contributed by atoms with van der Waals surface area (Å²) in [5.41, 5.74) is 13.3. The zero-order valence-electron chi connectivity index (χ0n) is 23.3. The fraction of sp³-hybridized carbons (Fsp3) is 0.0500. The van der Waals surface area contributed by atoms with Gasteiger partial charge in [0, 0.05) is 22.4 Å². The van der Waals surface area contributed by atoms with E-state index in [0.717, 1.165) is 23.1 Å². The first-order valence-electron chi connectivity index (χ1n) is 14.5. The fourth-order valence-corrected chi connectivity index (χ4v) is 6.83. The molecule has 1 aliphatic carbocycles. The minimum absolute atomic E-state index is 0.213. The van der Waals surface area contributed by atoms with E-state index in [2.05, 4.69) is 114 Å². The molecule has 6 aromatic carbocycles. The van der Waals surface area contributed by atoms with Crippen LogP contribution in [-0.4, -0.2) is 4.57 Å². The molecular formula is C40H25N3. The van der Waals surface area contributed by atoms with Gasteiger partial charge in [-0.3, -0.25) is 0 Å². The van der Waals surface area contributed by atoms with Gasteiger partial charge in [-0.1, -0.05) is 78.9 Å². The number of fused-ring (bicyclic) bond motifs is 6. The van der Waals surface area contributed by atoms with Gasteiger partial charge in [-0.2, -0.15) is 10.5 Å². The van der Waals surface area contributed by atoms with E-state index in [1.54, 1.807) is 0 Å². The third kappa shape index (κ3) is 4.03. The Morgan fingerprint density at radius 1 is 0.558 bits per heavy atom. The molecule has 0 spiro atoms. The molecule has 0 saturated heterocycles. The van der Waals surface area contributed by atoms with Crippen molar-refractivity contribution in [1.82, 2.24) is 4.57 Å². The minimum Gasteiger partial charge on any atom is -0.309 e. The molecule has 0 aliphatic heterocycles. The van der Waals surface area contributed by atoms with Crippen LogP contribution in [0, 0.1) is 22.7 Å². The van der Waals surface area contributed by atoms with Gasteiger partial charge < -0.3 is 4.57 Å². The van der Waals surface area contributed by atoms with E-state index in [-0.39, 0.29) is 5.92 Å². The predicted molar refractivity (Wildman–Crippen MR) is 173 cm³/mol. The van der Waals surface area contributed by atoms with Crippen LogP contribution < -0.4 is 0 Å². The van der Waals surface area contributed by atoms with Crippen LogP contribution in [0.4, 0.5) is 0 Å². The van der Waals surface area contributed by atoms with Gasteiger partial charge in [-0.25, -0.2) is 0 Å². The Bertz CT molecular complexity index is 2310. The highest BCUT2D eigenvalue weighted by Crippen LogP contribution is 2.44. The maximum atomic E-state index is 9.52. The third-order valence-corrected chi connectivity index (χ3v) is 8.82. The lowest BCUT2D eigenvalue weighted by atomic mass is 9.75. The second kappa shape index (κ2) is 9.88. The summed E-state index contributed by atoms with van der Waals surface area (Å²) in [5, 5.41) is 21.4. The molecule has 1 aromatic heterocycles. The number of aromatic nitrogens is 1. The second-order valence-electron chi connectivity index (χ2n) is 11.2. The van der Waals surface area contributed by atoms with Crippen molar-refractivity contribution in [2.75, 3.05) is 0 Å². The van der Waals surface area contributed by atoms with Crippen LogP contribution in [0.2, 0.25) is 0 Å². The van der Waals surface area contributed by atoms with Crippen molar-refractivity contribution in [3.63, 3.8) is 0 Å². The van der Waals surface area contributed by atoms with E-state index in [1.165, 1.54) is 49.7 Å². The van der Waals surface area contributed by atoms with E-state index < -0.39 is 0 Å². The maximum absolute atomic E-state index is 9.52. The van der Waals surface area contributed by atoms with Crippen LogP contribution in [0.3, 0.4) is 0 Å². The van der Waals surface area contributed by atoms with Gasteiger partial charge in [0.2, 0.25) is 0 Å². The molecule has 1 heterocycles. The van der Waals surface area contributed by atoms with E-state index in [1.807, 2.05) is 36.4 Å². The van der Waals surface area contributed by atoms with Crippen molar-refractivity contribution in [3.05, 3.63) is 161 Å². The van der Waals surface area contributed by atoms with Crippen molar-refractivity contribution in [2.24, 2.45) is 0 Å².